The molecule has 2 aromatic carbocycles. The third-order valence-corrected chi connectivity index (χ3v) is 5.52. The average Bonchev–Trinajstić information content (AvgIpc) is 2.86. The van der Waals surface area contributed by atoms with Gasteiger partial charge < -0.3 is 24.1 Å². The topological polar surface area (TPSA) is 154 Å². The van der Waals surface area contributed by atoms with Crippen molar-refractivity contribution < 1.29 is 42.1 Å². The van der Waals surface area contributed by atoms with Gasteiger partial charge in [-0.3, -0.25) is 4.79 Å². The third-order valence-electron chi connectivity index (χ3n) is 5.52. The third kappa shape index (κ3) is 3.90. The molecule has 2 aromatic rings. The van der Waals surface area contributed by atoms with Crippen LogP contribution >= 0.6 is 0 Å². The Kier molecular flexibility index (Phi) is 6.31. The number of rotatable bonds is 6. The van der Waals surface area contributed by atoms with Crippen molar-refractivity contribution in [3.63, 3.8) is 0 Å². The van der Waals surface area contributed by atoms with Crippen LogP contribution in [0.1, 0.15) is 15.9 Å². The highest BCUT2D eigenvalue weighted by molar-refractivity contribution is 6.08. The van der Waals surface area contributed by atoms with E-state index in [0.29, 0.717) is 0 Å². The molecule has 0 atom stereocenters. The maximum atomic E-state index is 16.3. The summed E-state index contributed by atoms with van der Waals surface area (Å²) in [5.74, 6) is -8.59. The predicted molar refractivity (Wildman–Crippen MR) is 119 cm³/mol. The average molecular weight is 510 g/mol. The first-order valence-corrected chi connectivity index (χ1v) is 10.2. The van der Waals surface area contributed by atoms with E-state index < -0.39 is 57.9 Å². The van der Waals surface area contributed by atoms with Crippen LogP contribution in [0, 0.1) is 40.1 Å². The number of hydrogen-bond donors (Lipinski definition) is 2. The molecule has 4 rings (SSSR count). The van der Waals surface area contributed by atoms with Gasteiger partial charge in [-0.2, -0.15) is 10.5 Å². The molecule has 9 nitrogen and oxygen atoms in total. The minimum Gasteiger partial charge on any atom is -0.508 e. The van der Waals surface area contributed by atoms with E-state index in [-0.39, 0.29) is 33.6 Å². The SMILES string of the molecule is COCOC(C#N)(C#N)c1c(F)c(F)c(C(=O)O)c(-c2c3ccc(=O)cc-3oc3cc(O)ccc23)c1F. The van der Waals surface area contributed by atoms with Gasteiger partial charge in [0.2, 0.25) is 0 Å². The van der Waals surface area contributed by atoms with E-state index in [1.807, 2.05) is 0 Å². The fraction of sp³-hybridized carbons (Fsp3) is 0.120. The van der Waals surface area contributed by atoms with E-state index in [4.69, 9.17) is 9.15 Å². The fourth-order valence-corrected chi connectivity index (χ4v) is 3.95. The number of ether oxygens (including phenoxy) is 2. The number of carbonyl (C=O) groups is 1. The van der Waals surface area contributed by atoms with Crippen molar-refractivity contribution in [3.8, 4) is 40.3 Å². The van der Waals surface area contributed by atoms with Crippen LogP contribution in [-0.4, -0.2) is 30.1 Å². The molecule has 0 unspecified atom stereocenters. The molecule has 37 heavy (non-hydrogen) atoms. The van der Waals surface area contributed by atoms with Gasteiger partial charge in [-0.1, -0.05) is 0 Å². The van der Waals surface area contributed by atoms with E-state index in [1.54, 1.807) is 0 Å². The molecule has 0 saturated heterocycles. The quantitative estimate of drug-likeness (QED) is 0.220. The van der Waals surface area contributed by atoms with Gasteiger partial charge in [0.05, 0.1) is 5.56 Å². The highest BCUT2D eigenvalue weighted by Crippen LogP contribution is 2.46. The highest BCUT2D eigenvalue weighted by Gasteiger charge is 2.45. The summed E-state index contributed by atoms with van der Waals surface area (Å²) >= 11 is 0. The number of fused-ring (bicyclic) bond motifs is 2. The number of carboxylic acid groups (broad SMARTS) is 1. The largest absolute Gasteiger partial charge is 0.508 e. The summed E-state index contributed by atoms with van der Waals surface area (Å²) in [6.45, 7) is -0.806. The lowest BCUT2D eigenvalue weighted by molar-refractivity contribution is -0.0860. The van der Waals surface area contributed by atoms with Gasteiger partial charge >= 0.3 is 5.97 Å². The zero-order chi connectivity index (χ0) is 27.1. The van der Waals surface area contributed by atoms with Crippen molar-refractivity contribution >= 4 is 16.9 Å². The number of carboxylic acids is 1. The molecule has 0 saturated carbocycles. The summed E-state index contributed by atoms with van der Waals surface area (Å²) in [5, 5.41) is 38.9. The summed E-state index contributed by atoms with van der Waals surface area (Å²) in [4.78, 5) is 24.1. The zero-order valence-electron chi connectivity index (χ0n) is 18.6. The second-order valence-corrected chi connectivity index (χ2v) is 7.64. The Morgan fingerprint density at radius 3 is 2.38 bits per heavy atom. The maximum Gasteiger partial charge on any atom is 0.339 e. The Labute approximate surface area is 205 Å². The number of nitriles is 2. The van der Waals surface area contributed by atoms with Crippen molar-refractivity contribution in [2.45, 2.75) is 5.60 Å². The monoisotopic (exact) mass is 510 g/mol. The van der Waals surface area contributed by atoms with Crippen LogP contribution in [0.5, 0.6) is 5.75 Å². The van der Waals surface area contributed by atoms with E-state index in [0.717, 1.165) is 37.4 Å². The molecule has 1 aliphatic carbocycles. The van der Waals surface area contributed by atoms with E-state index in [2.05, 4.69) is 4.74 Å². The lowest BCUT2D eigenvalue weighted by atomic mass is 9.85. The van der Waals surface area contributed by atoms with Crippen molar-refractivity contribution in [2.24, 2.45) is 0 Å². The fourth-order valence-electron chi connectivity index (χ4n) is 3.95. The normalized spacial score (nSPS) is 11.4. The van der Waals surface area contributed by atoms with Gasteiger partial charge in [0, 0.05) is 41.3 Å². The van der Waals surface area contributed by atoms with Crippen LogP contribution in [0.3, 0.4) is 0 Å². The summed E-state index contributed by atoms with van der Waals surface area (Å²) < 4.78 is 62.0. The Hall–Kier alpha value is -4.91. The Bertz CT molecular complexity index is 1690. The summed E-state index contributed by atoms with van der Waals surface area (Å²) in [7, 11) is 1.09. The molecule has 12 heteroatoms. The van der Waals surface area contributed by atoms with E-state index in [9.17, 15) is 30.3 Å². The van der Waals surface area contributed by atoms with Crippen LogP contribution in [0.4, 0.5) is 13.2 Å². The van der Waals surface area contributed by atoms with Gasteiger partial charge in [0.25, 0.3) is 5.60 Å². The number of halogens is 3. The molecule has 0 radical (unpaired) electrons. The molecule has 186 valence electrons. The van der Waals surface area contributed by atoms with Crippen LogP contribution < -0.4 is 5.43 Å². The van der Waals surface area contributed by atoms with Gasteiger partial charge in [0.15, 0.2) is 17.1 Å². The number of phenols is 1. The molecular weight excluding hydrogens is 497 g/mol. The Morgan fingerprint density at radius 2 is 1.76 bits per heavy atom. The molecule has 0 amide bonds. The first-order valence-electron chi connectivity index (χ1n) is 10.2. The first-order chi connectivity index (χ1) is 17.6. The number of phenolic OH excluding ortho intramolecular Hbond substituents is 1. The second-order valence-electron chi connectivity index (χ2n) is 7.64. The van der Waals surface area contributed by atoms with Gasteiger partial charge in [-0.05, 0) is 24.3 Å². The number of aromatic carboxylic acids is 1. The van der Waals surface area contributed by atoms with Crippen LogP contribution in [0.15, 0.2) is 45.6 Å². The van der Waals surface area contributed by atoms with E-state index >= 15 is 13.2 Å². The Balaban J connectivity index is 2.29. The van der Waals surface area contributed by atoms with Crippen molar-refractivity contribution in [1.82, 2.24) is 0 Å². The lowest BCUT2D eigenvalue weighted by Crippen LogP contribution is -2.31. The van der Waals surface area contributed by atoms with Crippen molar-refractivity contribution in [2.75, 3.05) is 13.9 Å². The van der Waals surface area contributed by atoms with Gasteiger partial charge in [0.1, 0.15) is 47.4 Å². The molecule has 0 spiro atoms. The van der Waals surface area contributed by atoms with Gasteiger partial charge in [-0.15, -0.1) is 0 Å². The zero-order valence-corrected chi connectivity index (χ0v) is 18.6. The Morgan fingerprint density at radius 1 is 1.05 bits per heavy atom. The van der Waals surface area contributed by atoms with Crippen molar-refractivity contribution in [3.05, 3.63) is 75.2 Å². The summed E-state index contributed by atoms with van der Waals surface area (Å²) in [6, 6.07) is 9.18. The van der Waals surface area contributed by atoms with Crippen molar-refractivity contribution in [1.29, 1.82) is 10.5 Å². The molecule has 0 bridgehead atoms. The molecule has 0 fully saturated rings. The minimum atomic E-state index is -3.08. The second kappa shape index (κ2) is 9.28. The smallest absolute Gasteiger partial charge is 0.339 e. The number of methoxy groups -OCH3 is 1. The predicted octanol–water partition coefficient (Wildman–Crippen LogP) is 4.25. The molecule has 2 N–H and O–H groups in total. The molecule has 1 heterocycles. The summed E-state index contributed by atoms with van der Waals surface area (Å²) in [6.07, 6.45) is 0. The highest BCUT2D eigenvalue weighted by atomic mass is 19.2. The molecule has 2 aliphatic rings. The summed E-state index contributed by atoms with van der Waals surface area (Å²) in [5.41, 5.74) is -8.27. The van der Waals surface area contributed by atoms with Gasteiger partial charge in [-0.25, -0.2) is 18.0 Å². The number of aromatic hydroxyl groups is 1. The van der Waals surface area contributed by atoms with Crippen LogP contribution in [-0.2, 0) is 15.1 Å². The molecular formula is C25H13F3N2O7. The maximum absolute atomic E-state index is 16.3. The standard InChI is InChI=1S/C25H13F3N2O7/c1-35-10-36-25(8-29,9-30)20-21(26)18(19(24(33)34)22(27)23(20)28)17-13-4-2-11(31)6-15(13)37-16-7-12(32)3-5-14(16)17/h2-7,31H,10H2,1H3,(H,33,34). The number of benzene rings is 3. The number of nitrogens with zero attached hydrogens (tertiary/aromatic N) is 2. The minimum absolute atomic E-state index is 0.0698. The first kappa shape index (κ1) is 25.2. The van der Waals surface area contributed by atoms with Crippen LogP contribution in [0.25, 0.3) is 33.4 Å². The number of hydrogen-bond acceptors (Lipinski definition) is 8. The van der Waals surface area contributed by atoms with Crippen LogP contribution in [0.2, 0.25) is 0 Å². The molecule has 0 aromatic heterocycles. The lowest BCUT2D eigenvalue weighted by Gasteiger charge is -2.24. The van der Waals surface area contributed by atoms with E-state index in [1.165, 1.54) is 18.2 Å². The molecule has 1 aliphatic heterocycles.